The molecule has 0 bridgehead atoms. The van der Waals surface area contributed by atoms with Gasteiger partial charge in [0.15, 0.2) is 0 Å². The Balaban J connectivity index is 2.24. The van der Waals surface area contributed by atoms with Gasteiger partial charge in [0.1, 0.15) is 4.88 Å². The molecule has 1 heterocycles. The summed E-state index contributed by atoms with van der Waals surface area (Å²) in [5, 5.41) is 5.19. The van der Waals surface area contributed by atoms with Crippen molar-refractivity contribution in [2.24, 2.45) is 5.92 Å². The molecule has 2 nitrogen and oxygen atoms in total. The summed E-state index contributed by atoms with van der Waals surface area (Å²) in [7, 11) is 0. The lowest BCUT2D eigenvalue weighted by atomic mass is 10.1. The molecule has 1 unspecified atom stereocenters. The van der Waals surface area contributed by atoms with Gasteiger partial charge in [-0.1, -0.05) is 18.5 Å². The molecule has 1 aromatic rings. The lowest BCUT2D eigenvalue weighted by molar-refractivity contribution is 0.0957. The Morgan fingerprint density at radius 3 is 2.94 bits per heavy atom. The van der Waals surface area contributed by atoms with E-state index in [1.165, 1.54) is 11.3 Å². The Morgan fingerprint density at radius 1 is 1.62 bits per heavy atom. The van der Waals surface area contributed by atoms with Crippen LogP contribution in [0.4, 0.5) is 0 Å². The summed E-state index contributed by atoms with van der Waals surface area (Å²) in [6.45, 7) is 2.78. The molecule has 1 amide bonds. The van der Waals surface area contributed by atoms with Crippen LogP contribution in [-0.4, -0.2) is 18.3 Å². The highest BCUT2D eigenvalue weighted by molar-refractivity contribution is 7.12. The lowest BCUT2D eigenvalue weighted by Crippen LogP contribution is -2.24. The van der Waals surface area contributed by atoms with Crippen LogP contribution in [0.5, 0.6) is 0 Å². The van der Waals surface area contributed by atoms with Crippen LogP contribution in [0.25, 0.3) is 0 Å². The van der Waals surface area contributed by atoms with Crippen LogP contribution in [0, 0.1) is 5.92 Å². The lowest BCUT2D eigenvalue weighted by Gasteiger charge is -2.07. The summed E-state index contributed by atoms with van der Waals surface area (Å²) < 4.78 is 0. The third-order valence-corrected chi connectivity index (χ3v) is 4.11. The van der Waals surface area contributed by atoms with Gasteiger partial charge < -0.3 is 5.32 Å². The van der Waals surface area contributed by atoms with Crippen LogP contribution in [0.2, 0.25) is 5.02 Å². The molecule has 1 rings (SSSR count). The first-order valence-corrected chi connectivity index (χ1v) is 7.01. The summed E-state index contributed by atoms with van der Waals surface area (Å²) in [5.41, 5.74) is 0. The number of carbonyl (C=O) groups is 1. The molecule has 0 aliphatic rings. The molecule has 1 N–H and O–H groups in total. The Morgan fingerprint density at radius 2 is 2.38 bits per heavy atom. The second kappa shape index (κ2) is 7.15. The molecule has 0 saturated heterocycles. The van der Waals surface area contributed by atoms with Crippen LogP contribution >= 0.6 is 34.5 Å². The van der Waals surface area contributed by atoms with Crippen molar-refractivity contribution in [2.45, 2.75) is 19.8 Å². The van der Waals surface area contributed by atoms with E-state index >= 15 is 0 Å². The zero-order valence-electron chi connectivity index (χ0n) is 9.13. The molecule has 0 radical (unpaired) electrons. The Bertz CT molecular complexity index is 340. The van der Waals surface area contributed by atoms with Crippen LogP contribution in [0.1, 0.15) is 29.4 Å². The number of carbonyl (C=O) groups excluding carboxylic acids is 1. The van der Waals surface area contributed by atoms with Crippen molar-refractivity contribution in [1.82, 2.24) is 5.32 Å². The minimum atomic E-state index is -0.0847. The van der Waals surface area contributed by atoms with Crippen molar-refractivity contribution in [3.63, 3.8) is 0 Å². The van der Waals surface area contributed by atoms with Crippen LogP contribution in [0.3, 0.4) is 0 Å². The smallest absolute Gasteiger partial charge is 0.262 e. The van der Waals surface area contributed by atoms with Gasteiger partial charge in [0, 0.05) is 12.4 Å². The molecule has 1 atom stereocenters. The van der Waals surface area contributed by atoms with Crippen molar-refractivity contribution in [1.29, 1.82) is 0 Å². The van der Waals surface area contributed by atoms with Gasteiger partial charge in [-0.15, -0.1) is 22.9 Å². The van der Waals surface area contributed by atoms with Gasteiger partial charge in [-0.3, -0.25) is 4.79 Å². The fourth-order valence-electron chi connectivity index (χ4n) is 1.27. The fraction of sp³-hybridized carbons (Fsp3) is 0.545. The highest BCUT2D eigenvalue weighted by atomic mass is 35.5. The molecule has 0 spiro atoms. The first kappa shape index (κ1) is 13.8. The van der Waals surface area contributed by atoms with Crippen molar-refractivity contribution >= 4 is 40.4 Å². The second-order valence-corrected chi connectivity index (χ2v) is 5.39. The number of alkyl halides is 1. The van der Waals surface area contributed by atoms with E-state index in [4.69, 9.17) is 23.2 Å². The number of rotatable bonds is 6. The molecule has 0 fully saturated rings. The van der Waals surface area contributed by atoms with E-state index < -0.39 is 0 Å². The highest BCUT2D eigenvalue weighted by Gasteiger charge is 2.10. The number of amides is 1. The maximum Gasteiger partial charge on any atom is 0.262 e. The molecule has 0 saturated carbocycles. The van der Waals surface area contributed by atoms with Gasteiger partial charge >= 0.3 is 0 Å². The van der Waals surface area contributed by atoms with E-state index in [2.05, 4.69) is 12.2 Å². The molecule has 1 aromatic heterocycles. The summed E-state index contributed by atoms with van der Waals surface area (Å²) in [5.74, 6) is 1.09. The summed E-state index contributed by atoms with van der Waals surface area (Å²) in [4.78, 5) is 12.2. The van der Waals surface area contributed by atoms with Gasteiger partial charge in [0.2, 0.25) is 0 Å². The number of hydrogen-bond donors (Lipinski definition) is 1. The van der Waals surface area contributed by atoms with Crippen molar-refractivity contribution in [2.75, 3.05) is 12.4 Å². The van der Waals surface area contributed by atoms with Crippen LogP contribution in [-0.2, 0) is 0 Å². The molecule has 0 aliphatic carbocycles. The Labute approximate surface area is 110 Å². The zero-order chi connectivity index (χ0) is 12.0. The van der Waals surface area contributed by atoms with Gasteiger partial charge in [-0.2, -0.15) is 0 Å². The normalized spacial score (nSPS) is 12.4. The number of thiophene rings is 1. The molecular weight excluding hydrogens is 265 g/mol. The van der Waals surface area contributed by atoms with E-state index in [1.54, 1.807) is 6.07 Å². The zero-order valence-corrected chi connectivity index (χ0v) is 11.5. The molecule has 16 heavy (non-hydrogen) atoms. The van der Waals surface area contributed by atoms with E-state index in [0.29, 0.717) is 28.2 Å². The first-order valence-electron chi connectivity index (χ1n) is 5.22. The van der Waals surface area contributed by atoms with Gasteiger partial charge in [-0.25, -0.2) is 0 Å². The largest absolute Gasteiger partial charge is 0.351 e. The standard InChI is InChI=1S/C11H15Cl2NOS/c1-8(7-12)3-2-5-14-11(15)10-9(13)4-6-16-10/h4,6,8H,2-3,5,7H2,1H3,(H,14,15). The van der Waals surface area contributed by atoms with Gasteiger partial charge in [-0.05, 0) is 30.2 Å². The first-order chi connectivity index (χ1) is 7.65. The topological polar surface area (TPSA) is 29.1 Å². The summed E-state index contributed by atoms with van der Waals surface area (Å²) in [6.07, 6.45) is 1.98. The van der Waals surface area contributed by atoms with E-state index in [-0.39, 0.29) is 5.91 Å². The van der Waals surface area contributed by atoms with Crippen molar-refractivity contribution in [3.05, 3.63) is 21.3 Å². The molecule has 0 aliphatic heterocycles. The minimum absolute atomic E-state index is 0.0847. The average Bonchev–Trinajstić information content (AvgIpc) is 2.70. The molecule has 5 heteroatoms. The predicted octanol–water partition coefficient (Wildman–Crippen LogP) is 3.79. The van der Waals surface area contributed by atoms with E-state index in [1.807, 2.05) is 5.38 Å². The highest BCUT2D eigenvalue weighted by Crippen LogP contribution is 2.21. The summed E-state index contributed by atoms with van der Waals surface area (Å²) >= 11 is 12.9. The minimum Gasteiger partial charge on any atom is -0.351 e. The molecular formula is C11H15Cl2NOS. The van der Waals surface area contributed by atoms with Crippen LogP contribution in [0.15, 0.2) is 11.4 Å². The van der Waals surface area contributed by atoms with Gasteiger partial charge in [0.05, 0.1) is 5.02 Å². The number of halogens is 2. The molecule has 90 valence electrons. The number of nitrogens with one attached hydrogen (secondary N) is 1. The number of hydrogen-bond acceptors (Lipinski definition) is 2. The van der Waals surface area contributed by atoms with Gasteiger partial charge in [0.25, 0.3) is 5.91 Å². The predicted molar refractivity (Wildman–Crippen MR) is 70.8 cm³/mol. The molecule has 0 aromatic carbocycles. The monoisotopic (exact) mass is 279 g/mol. The Hall–Kier alpha value is -0.250. The maximum atomic E-state index is 11.6. The van der Waals surface area contributed by atoms with E-state index in [0.717, 1.165) is 12.8 Å². The third-order valence-electron chi connectivity index (χ3n) is 2.25. The fourth-order valence-corrected chi connectivity index (χ4v) is 2.48. The van der Waals surface area contributed by atoms with Crippen molar-refractivity contribution < 1.29 is 4.79 Å². The second-order valence-electron chi connectivity index (χ2n) is 3.76. The van der Waals surface area contributed by atoms with Crippen LogP contribution < -0.4 is 5.32 Å². The maximum absolute atomic E-state index is 11.6. The van der Waals surface area contributed by atoms with E-state index in [9.17, 15) is 4.79 Å². The SMILES string of the molecule is CC(CCl)CCCNC(=O)c1sccc1Cl. The van der Waals surface area contributed by atoms with Crippen molar-refractivity contribution in [3.8, 4) is 0 Å². The summed E-state index contributed by atoms with van der Waals surface area (Å²) in [6, 6.07) is 1.73. The quantitative estimate of drug-likeness (QED) is 0.623. The third kappa shape index (κ3) is 4.32. The Kier molecular flexibility index (Phi) is 6.17. The average molecular weight is 280 g/mol.